The Morgan fingerprint density at radius 2 is 1.67 bits per heavy atom. The van der Waals surface area contributed by atoms with Crippen molar-refractivity contribution in [3.05, 3.63) is 78.4 Å². The van der Waals surface area contributed by atoms with Crippen LogP contribution >= 0.6 is 11.8 Å². The Hall–Kier alpha value is -2.82. The second kappa shape index (κ2) is 6.41. The van der Waals surface area contributed by atoms with E-state index in [-0.39, 0.29) is 6.61 Å². The number of aliphatic hydroxyl groups excluding tert-OH is 1. The summed E-state index contributed by atoms with van der Waals surface area (Å²) >= 11 is 1.80. The Morgan fingerprint density at radius 1 is 0.889 bits per heavy atom. The molecule has 1 aromatic heterocycles. The Labute approximate surface area is 162 Å². The minimum atomic E-state index is 0.00407. The smallest absolute Gasteiger partial charge is 0.0714 e. The van der Waals surface area contributed by atoms with Crippen LogP contribution in [0.2, 0.25) is 0 Å². The summed E-state index contributed by atoms with van der Waals surface area (Å²) in [7, 11) is 2.11. The quantitative estimate of drug-likeness (QED) is 0.496. The van der Waals surface area contributed by atoms with Crippen molar-refractivity contribution in [3.63, 3.8) is 0 Å². The van der Waals surface area contributed by atoms with Gasteiger partial charge < -0.3 is 10.0 Å². The molecule has 1 aliphatic heterocycles. The maximum absolute atomic E-state index is 9.81. The van der Waals surface area contributed by atoms with Gasteiger partial charge in [0, 0.05) is 27.8 Å². The first-order valence-corrected chi connectivity index (χ1v) is 9.71. The molecule has 5 rings (SSSR count). The van der Waals surface area contributed by atoms with Gasteiger partial charge in [0.1, 0.15) is 0 Å². The van der Waals surface area contributed by atoms with Crippen LogP contribution in [-0.4, -0.2) is 17.1 Å². The summed E-state index contributed by atoms with van der Waals surface area (Å²) in [6.07, 6.45) is 0. The number of aromatic nitrogens is 1. The Balaban J connectivity index is 1.64. The number of benzene rings is 3. The molecule has 1 aliphatic rings. The van der Waals surface area contributed by atoms with E-state index in [1.807, 2.05) is 30.3 Å². The molecular weight excluding hydrogens is 352 g/mol. The number of fused-ring (bicyclic) bond motifs is 3. The normalized spacial score (nSPS) is 12.7. The number of anilines is 2. The number of para-hydroxylation sites is 2. The zero-order valence-corrected chi connectivity index (χ0v) is 15.7. The average molecular weight is 370 g/mol. The Bertz CT molecular complexity index is 1170. The summed E-state index contributed by atoms with van der Waals surface area (Å²) in [6, 6.07) is 24.9. The number of hydrogen-bond donors (Lipinski definition) is 1. The molecule has 27 heavy (non-hydrogen) atoms. The van der Waals surface area contributed by atoms with Crippen LogP contribution in [0.15, 0.2) is 82.6 Å². The predicted molar refractivity (Wildman–Crippen MR) is 112 cm³/mol. The van der Waals surface area contributed by atoms with E-state index in [0.717, 1.165) is 27.7 Å². The zero-order valence-electron chi connectivity index (χ0n) is 14.9. The highest BCUT2D eigenvalue weighted by Gasteiger charge is 2.21. The van der Waals surface area contributed by atoms with Crippen LogP contribution in [0.3, 0.4) is 0 Å². The van der Waals surface area contributed by atoms with Gasteiger partial charge in [-0.1, -0.05) is 48.2 Å². The average Bonchev–Trinajstić information content (AvgIpc) is 2.73. The largest absolute Gasteiger partial charge is 0.392 e. The van der Waals surface area contributed by atoms with Crippen molar-refractivity contribution in [1.29, 1.82) is 0 Å². The molecule has 4 aromatic rings. The molecule has 0 spiro atoms. The van der Waals surface area contributed by atoms with Crippen molar-refractivity contribution >= 4 is 34.0 Å². The highest BCUT2D eigenvalue weighted by atomic mass is 32.2. The van der Waals surface area contributed by atoms with Crippen LogP contribution in [0.5, 0.6) is 0 Å². The minimum absolute atomic E-state index is 0.00407. The maximum atomic E-state index is 9.81. The van der Waals surface area contributed by atoms with Crippen LogP contribution in [0, 0.1) is 0 Å². The van der Waals surface area contributed by atoms with Crippen LogP contribution in [0.1, 0.15) is 5.56 Å². The fraction of sp³-hybridized carbons (Fsp3) is 0.0870. The third-order valence-electron chi connectivity index (χ3n) is 5.03. The van der Waals surface area contributed by atoms with Crippen molar-refractivity contribution in [2.24, 2.45) is 0 Å². The fourth-order valence-corrected chi connectivity index (χ4v) is 4.75. The summed E-state index contributed by atoms with van der Waals surface area (Å²) in [5.41, 5.74) is 6.15. The molecule has 4 heteroatoms. The molecule has 0 radical (unpaired) electrons. The third kappa shape index (κ3) is 2.69. The third-order valence-corrected chi connectivity index (χ3v) is 6.17. The number of hydrogen-bond acceptors (Lipinski definition) is 4. The van der Waals surface area contributed by atoms with Gasteiger partial charge in [-0.25, -0.2) is 4.98 Å². The molecule has 0 atom stereocenters. The second-order valence-electron chi connectivity index (χ2n) is 6.65. The molecular formula is C23H18N2OS. The van der Waals surface area contributed by atoms with Crippen LogP contribution < -0.4 is 4.90 Å². The molecule has 0 fully saturated rings. The molecule has 0 unspecified atom stereocenters. The van der Waals surface area contributed by atoms with Crippen LogP contribution in [-0.2, 0) is 6.61 Å². The summed E-state index contributed by atoms with van der Waals surface area (Å²) in [6.45, 7) is 0.00407. The SMILES string of the molecule is CN1c2ccccc2Sc2ccc(-c3cc(CO)c4ccccc4n3)cc21. The molecule has 132 valence electrons. The van der Waals surface area contributed by atoms with E-state index < -0.39 is 0 Å². The highest BCUT2D eigenvalue weighted by molar-refractivity contribution is 7.99. The zero-order chi connectivity index (χ0) is 18.4. The van der Waals surface area contributed by atoms with E-state index in [0.29, 0.717) is 0 Å². The van der Waals surface area contributed by atoms with Crippen LogP contribution in [0.4, 0.5) is 11.4 Å². The molecule has 0 aliphatic carbocycles. The van der Waals surface area contributed by atoms with E-state index in [1.165, 1.54) is 21.2 Å². The van der Waals surface area contributed by atoms with Gasteiger partial charge in [-0.2, -0.15) is 0 Å². The fourth-order valence-electron chi connectivity index (χ4n) is 3.62. The lowest BCUT2D eigenvalue weighted by atomic mass is 10.0. The van der Waals surface area contributed by atoms with Gasteiger partial charge in [-0.05, 0) is 42.0 Å². The molecule has 2 heterocycles. The molecule has 0 amide bonds. The van der Waals surface area contributed by atoms with Crippen molar-refractivity contribution in [2.45, 2.75) is 16.4 Å². The predicted octanol–water partition coefficient (Wildman–Crippen LogP) is 5.63. The minimum Gasteiger partial charge on any atom is -0.392 e. The van der Waals surface area contributed by atoms with Crippen molar-refractivity contribution in [1.82, 2.24) is 4.98 Å². The maximum Gasteiger partial charge on any atom is 0.0714 e. The van der Waals surface area contributed by atoms with Gasteiger partial charge in [0.05, 0.1) is 29.2 Å². The van der Waals surface area contributed by atoms with Gasteiger partial charge in [0.2, 0.25) is 0 Å². The first kappa shape index (κ1) is 16.4. The first-order chi connectivity index (χ1) is 13.2. The molecule has 1 N–H and O–H groups in total. The van der Waals surface area contributed by atoms with E-state index in [4.69, 9.17) is 4.98 Å². The summed E-state index contributed by atoms with van der Waals surface area (Å²) in [5.74, 6) is 0. The van der Waals surface area contributed by atoms with E-state index >= 15 is 0 Å². The standard InChI is InChI=1S/C23H18N2OS/c1-25-20-8-4-5-9-22(20)27-23-11-10-15(13-21(23)25)19-12-16(14-26)17-6-2-3-7-18(17)24-19/h2-13,26H,14H2,1H3. The summed E-state index contributed by atoms with van der Waals surface area (Å²) in [4.78, 5) is 9.58. The molecule has 0 saturated carbocycles. The monoisotopic (exact) mass is 370 g/mol. The molecule has 3 aromatic carbocycles. The van der Waals surface area contributed by atoms with Crippen LogP contribution in [0.25, 0.3) is 22.2 Å². The topological polar surface area (TPSA) is 36.4 Å². The van der Waals surface area contributed by atoms with Gasteiger partial charge in [0.15, 0.2) is 0 Å². The first-order valence-electron chi connectivity index (χ1n) is 8.89. The van der Waals surface area contributed by atoms with Crippen molar-refractivity contribution in [3.8, 4) is 11.3 Å². The van der Waals surface area contributed by atoms with Gasteiger partial charge in [-0.3, -0.25) is 0 Å². The second-order valence-corrected chi connectivity index (χ2v) is 7.74. The molecule has 0 saturated heterocycles. The molecule has 3 nitrogen and oxygen atoms in total. The lowest BCUT2D eigenvalue weighted by molar-refractivity contribution is 0.283. The Kier molecular flexibility index (Phi) is 3.88. The summed E-state index contributed by atoms with van der Waals surface area (Å²) in [5, 5.41) is 10.8. The van der Waals surface area contributed by atoms with Crippen molar-refractivity contribution < 1.29 is 5.11 Å². The Morgan fingerprint density at radius 3 is 2.56 bits per heavy atom. The lowest BCUT2D eigenvalue weighted by Crippen LogP contribution is -2.14. The molecule has 0 bridgehead atoms. The number of pyridine rings is 1. The van der Waals surface area contributed by atoms with E-state index in [1.54, 1.807) is 11.8 Å². The lowest BCUT2D eigenvalue weighted by Gasteiger charge is -2.29. The van der Waals surface area contributed by atoms with Gasteiger partial charge in [0.25, 0.3) is 0 Å². The van der Waals surface area contributed by atoms with Gasteiger partial charge in [-0.15, -0.1) is 0 Å². The van der Waals surface area contributed by atoms with E-state index in [2.05, 4.69) is 54.4 Å². The number of nitrogens with zero attached hydrogens (tertiary/aromatic N) is 2. The number of rotatable bonds is 2. The number of aliphatic hydroxyl groups is 1. The highest BCUT2D eigenvalue weighted by Crippen LogP contribution is 2.48. The van der Waals surface area contributed by atoms with Crippen molar-refractivity contribution in [2.75, 3.05) is 11.9 Å². The van der Waals surface area contributed by atoms with E-state index in [9.17, 15) is 5.11 Å². The van der Waals surface area contributed by atoms with Gasteiger partial charge >= 0.3 is 0 Å². The summed E-state index contributed by atoms with van der Waals surface area (Å²) < 4.78 is 0.